The Bertz CT molecular complexity index is 733. The summed E-state index contributed by atoms with van der Waals surface area (Å²) in [5.41, 5.74) is 1.98. The number of allylic oxidation sites excluding steroid dienone is 1. The minimum Gasteiger partial charge on any atom is -0.504 e. The number of ether oxygens (including phenoxy) is 1. The molecule has 0 aliphatic carbocycles. The minimum absolute atomic E-state index is 0.0338. The number of methoxy groups -OCH3 is 1. The molecule has 2 rings (SSSR count). The zero-order valence-corrected chi connectivity index (χ0v) is 13.4. The van der Waals surface area contributed by atoms with Gasteiger partial charge >= 0.3 is 0 Å². The zero-order valence-electron chi connectivity index (χ0n) is 11.1. The molecule has 0 aliphatic heterocycles. The van der Waals surface area contributed by atoms with E-state index in [4.69, 9.17) is 16.3 Å². The fraction of sp³-hybridized carbons (Fsp3) is 0.0625. The molecule has 0 heterocycles. The highest BCUT2D eigenvalue weighted by molar-refractivity contribution is 9.10. The number of hydrogen-bond acceptors (Lipinski definition) is 3. The van der Waals surface area contributed by atoms with Crippen molar-refractivity contribution in [3.8, 4) is 17.6 Å². The van der Waals surface area contributed by atoms with Crippen molar-refractivity contribution in [3.63, 3.8) is 0 Å². The molecule has 2 aromatic rings. The third kappa shape index (κ3) is 3.57. The lowest BCUT2D eigenvalue weighted by Crippen LogP contribution is -1.87. The second-order valence-corrected chi connectivity index (χ2v) is 5.51. The molecular formula is C16H11BrClNO2. The fourth-order valence-electron chi connectivity index (χ4n) is 1.80. The van der Waals surface area contributed by atoms with Crippen LogP contribution in [-0.2, 0) is 0 Å². The second kappa shape index (κ2) is 6.66. The average Bonchev–Trinajstić information content (AvgIpc) is 2.48. The summed E-state index contributed by atoms with van der Waals surface area (Å²) in [7, 11) is 1.47. The maximum absolute atomic E-state index is 9.70. The normalized spacial score (nSPS) is 11.0. The first kappa shape index (κ1) is 15.4. The Morgan fingerprint density at radius 2 is 2.00 bits per heavy atom. The van der Waals surface area contributed by atoms with Crippen LogP contribution < -0.4 is 4.74 Å². The van der Waals surface area contributed by atoms with Crippen molar-refractivity contribution >= 4 is 39.2 Å². The topological polar surface area (TPSA) is 53.2 Å². The van der Waals surface area contributed by atoms with E-state index < -0.39 is 0 Å². The monoisotopic (exact) mass is 363 g/mol. The summed E-state index contributed by atoms with van der Waals surface area (Å²) in [5, 5.41) is 19.6. The lowest BCUT2D eigenvalue weighted by atomic mass is 10.0. The van der Waals surface area contributed by atoms with Gasteiger partial charge in [-0.05, 0) is 41.5 Å². The standard InChI is InChI=1S/C16H11BrClNO2/c1-21-16-7-11(14(17)8-15(16)20)6-12(9-19)10-2-4-13(18)5-3-10/h2-8,20H,1H3/b12-6-. The van der Waals surface area contributed by atoms with Crippen LogP contribution in [0.15, 0.2) is 40.9 Å². The van der Waals surface area contributed by atoms with Gasteiger partial charge in [-0.1, -0.05) is 39.7 Å². The molecule has 0 fully saturated rings. The first-order valence-corrected chi connectivity index (χ1v) is 7.16. The van der Waals surface area contributed by atoms with Crippen molar-refractivity contribution in [2.75, 3.05) is 7.11 Å². The van der Waals surface area contributed by atoms with E-state index in [0.29, 0.717) is 20.8 Å². The second-order valence-electron chi connectivity index (χ2n) is 4.22. The number of rotatable bonds is 3. The molecule has 21 heavy (non-hydrogen) atoms. The molecule has 106 valence electrons. The molecule has 0 unspecified atom stereocenters. The Morgan fingerprint density at radius 1 is 1.33 bits per heavy atom. The number of nitrogens with zero attached hydrogens (tertiary/aromatic N) is 1. The van der Waals surface area contributed by atoms with Gasteiger partial charge < -0.3 is 9.84 Å². The Morgan fingerprint density at radius 3 is 2.57 bits per heavy atom. The van der Waals surface area contributed by atoms with E-state index in [9.17, 15) is 10.4 Å². The van der Waals surface area contributed by atoms with Gasteiger partial charge in [0, 0.05) is 9.50 Å². The predicted molar refractivity (Wildman–Crippen MR) is 87.3 cm³/mol. The summed E-state index contributed by atoms with van der Waals surface area (Å²) in [6, 6.07) is 12.4. The van der Waals surface area contributed by atoms with Crippen molar-refractivity contribution in [1.82, 2.24) is 0 Å². The van der Waals surface area contributed by atoms with E-state index in [0.717, 1.165) is 11.1 Å². The van der Waals surface area contributed by atoms with Crippen LogP contribution in [-0.4, -0.2) is 12.2 Å². The Kier molecular flexibility index (Phi) is 4.89. The van der Waals surface area contributed by atoms with Crippen LogP contribution in [0.1, 0.15) is 11.1 Å². The highest BCUT2D eigenvalue weighted by Gasteiger charge is 2.08. The van der Waals surface area contributed by atoms with E-state index in [2.05, 4.69) is 22.0 Å². The van der Waals surface area contributed by atoms with Gasteiger partial charge in [0.05, 0.1) is 18.8 Å². The number of nitriles is 1. The van der Waals surface area contributed by atoms with Crippen molar-refractivity contribution in [3.05, 3.63) is 57.0 Å². The third-order valence-electron chi connectivity index (χ3n) is 2.87. The Hall–Kier alpha value is -1.96. The van der Waals surface area contributed by atoms with Gasteiger partial charge in [0.1, 0.15) is 0 Å². The molecule has 0 aliphatic rings. The quantitative estimate of drug-likeness (QED) is 0.624. The van der Waals surface area contributed by atoms with Gasteiger partial charge in [-0.25, -0.2) is 0 Å². The van der Waals surface area contributed by atoms with Crippen LogP contribution in [0.25, 0.3) is 11.6 Å². The van der Waals surface area contributed by atoms with E-state index in [1.165, 1.54) is 13.2 Å². The van der Waals surface area contributed by atoms with Crippen LogP contribution in [0.2, 0.25) is 5.02 Å². The van der Waals surface area contributed by atoms with Gasteiger partial charge in [-0.2, -0.15) is 5.26 Å². The van der Waals surface area contributed by atoms with Gasteiger partial charge in [0.25, 0.3) is 0 Å². The predicted octanol–water partition coefficient (Wildman–Crippen LogP) is 4.88. The van der Waals surface area contributed by atoms with E-state index in [-0.39, 0.29) is 5.75 Å². The number of aromatic hydroxyl groups is 1. The summed E-state index contributed by atoms with van der Waals surface area (Å²) in [6.07, 6.45) is 1.72. The van der Waals surface area contributed by atoms with Crippen LogP contribution in [0.4, 0.5) is 0 Å². The smallest absolute Gasteiger partial charge is 0.161 e. The first-order chi connectivity index (χ1) is 10.0. The molecule has 0 spiro atoms. The highest BCUT2D eigenvalue weighted by Crippen LogP contribution is 2.34. The van der Waals surface area contributed by atoms with Crippen LogP contribution in [0.3, 0.4) is 0 Å². The molecule has 0 saturated heterocycles. The molecule has 0 amide bonds. The molecule has 0 atom stereocenters. The summed E-state index contributed by atoms with van der Waals surface area (Å²) >= 11 is 9.21. The summed E-state index contributed by atoms with van der Waals surface area (Å²) in [4.78, 5) is 0. The van der Waals surface area contributed by atoms with Crippen LogP contribution in [0, 0.1) is 11.3 Å². The minimum atomic E-state index is 0.0338. The Labute approximate surface area is 136 Å². The number of phenols is 1. The van der Waals surface area contributed by atoms with Crippen molar-refractivity contribution < 1.29 is 9.84 Å². The molecule has 2 aromatic carbocycles. The largest absolute Gasteiger partial charge is 0.504 e. The van der Waals surface area contributed by atoms with Crippen molar-refractivity contribution in [1.29, 1.82) is 5.26 Å². The summed E-state index contributed by atoms with van der Waals surface area (Å²) in [6.45, 7) is 0. The van der Waals surface area contributed by atoms with E-state index in [1.807, 2.05) is 0 Å². The number of benzene rings is 2. The number of phenolic OH excluding ortho intramolecular Hbond substituents is 1. The van der Waals surface area contributed by atoms with Crippen LogP contribution in [0.5, 0.6) is 11.5 Å². The first-order valence-electron chi connectivity index (χ1n) is 5.99. The maximum atomic E-state index is 9.70. The van der Waals surface area contributed by atoms with Gasteiger partial charge in [0.15, 0.2) is 11.5 Å². The highest BCUT2D eigenvalue weighted by atomic mass is 79.9. The molecule has 0 aromatic heterocycles. The number of hydrogen-bond donors (Lipinski definition) is 1. The maximum Gasteiger partial charge on any atom is 0.161 e. The van der Waals surface area contributed by atoms with Crippen molar-refractivity contribution in [2.24, 2.45) is 0 Å². The molecule has 0 bridgehead atoms. The summed E-state index contributed by atoms with van der Waals surface area (Å²) in [5.74, 6) is 0.379. The van der Waals surface area contributed by atoms with Gasteiger partial charge in [-0.15, -0.1) is 0 Å². The lowest BCUT2D eigenvalue weighted by Gasteiger charge is -2.07. The Balaban J connectivity index is 2.50. The molecule has 1 N–H and O–H groups in total. The molecule has 0 saturated carbocycles. The van der Waals surface area contributed by atoms with E-state index in [1.54, 1.807) is 36.4 Å². The third-order valence-corrected chi connectivity index (χ3v) is 3.81. The fourth-order valence-corrected chi connectivity index (χ4v) is 2.37. The van der Waals surface area contributed by atoms with Gasteiger partial charge in [-0.3, -0.25) is 0 Å². The van der Waals surface area contributed by atoms with E-state index >= 15 is 0 Å². The molecule has 0 radical (unpaired) electrons. The van der Waals surface area contributed by atoms with Gasteiger partial charge in [0.2, 0.25) is 0 Å². The average molecular weight is 365 g/mol. The summed E-state index contributed by atoms with van der Waals surface area (Å²) < 4.78 is 5.75. The molecular weight excluding hydrogens is 354 g/mol. The number of halogens is 2. The molecule has 5 heteroatoms. The zero-order chi connectivity index (χ0) is 15.4. The lowest BCUT2D eigenvalue weighted by molar-refractivity contribution is 0.373. The SMILES string of the molecule is COc1cc(/C=C(/C#N)c2ccc(Cl)cc2)c(Br)cc1O. The van der Waals surface area contributed by atoms with Crippen LogP contribution >= 0.6 is 27.5 Å². The van der Waals surface area contributed by atoms with Crippen molar-refractivity contribution in [2.45, 2.75) is 0 Å². The molecule has 3 nitrogen and oxygen atoms in total.